The Kier molecular flexibility index (Phi) is 7.68. The van der Waals surface area contributed by atoms with E-state index in [4.69, 9.17) is 0 Å². The van der Waals surface area contributed by atoms with Gasteiger partial charge in [-0.2, -0.15) is 0 Å². The van der Waals surface area contributed by atoms with Gasteiger partial charge in [0.05, 0.1) is 17.4 Å². The highest BCUT2D eigenvalue weighted by Crippen LogP contribution is 2.24. The Balaban J connectivity index is 1.79. The van der Waals surface area contributed by atoms with E-state index in [0.29, 0.717) is 48.4 Å². The molecule has 1 saturated heterocycles. The number of hydrogen-bond acceptors (Lipinski definition) is 5. The number of carbonyl (C=O) groups is 4. The highest BCUT2D eigenvalue weighted by molar-refractivity contribution is 6.43. The second-order valence-electron chi connectivity index (χ2n) is 9.84. The fraction of sp³-hybridized carbons (Fsp3) is 0.462. The maximum absolute atomic E-state index is 13.6. The Morgan fingerprint density at radius 1 is 1.08 bits per heavy atom. The number of ketones is 1. The number of carbonyl (C=O) groups excluding carboxylic acids is 4. The summed E-state index contributed by atoms with van der Waals surface area (Å²) < 4.78 is 15.0. The van der Waals surface area contributed by atoms with Gasteiger partial charge in [0.25, 0.3) is 17.6 Å². The lowest BCUT2D eigenvalue weighted by Crippen LogP contribution is -2.58. The molecule has 0 aliphatic carbocycles. The zero-order chi connectivity index (χ0) is 26.9. The minimum absolute atomic E-state index is 0.0368. The first-order chi connectivity index (χ1) is 16.7. The van der Waals surface area contributed by atoms with Crippen molar-refractivity contribution in [1.82, 2.24) is 14.8 Å². The molecule has 0 unspecified atom stereocenters. The number of hydrogen-bond donors (Lipinski definition) is 3. The van der Waals surface area contributed by atoms with Gasteiger partial charge in [-0.3, -0.25) is 19.2 Å². The lowest BCUT2D eigenvalue weighted by molar-refractivity contribution is -0.141. The van der Waals surface area contributed by atoms with Gasteiger partial charge in [0.15, 0.2) is 0 Å². The number of aromatic nitrogens is 1. The third kappa shape index (κ3) is 5.33. The molecule has 9 nitrogen and oxygen atoms in total. The van der Waals surface area contributed by atoms with Crippen LogP contribution >= 0.6 is 0 Å². The van der Waals surface area contributed by atoms with Gasteiger partial charge in [-0.15, -0.1) is 0 Å². The number of nitrogens with zero attached hydrogens (tertiary/aromatic N) is 2. The predicted octanol–water partition coefficient (Wildman–Crippen LogP) is 2.40. The number of aliphatic hydroxyl groups is 1. The highest BCUT2D eigenvalue weighted by Gasteiger charge is 2.38. The summed E-state index contributed by atoms with van der Waals surface area (Å²) in [5.41, 5.74) is 0.497. The van der Waals surface area contributed by atoms with Crippen LogP contribution in [0.5, 0.6) is 0 Å². The van der Waals surface area contributed by atoms with E-state index < -0.39 is 35.1 Å². The molecule has 0 atom stereocenters. The number of rotatable bonds is 6. The number of Topliss-reactive ketones (excluding diaryl/α,β-unsaturated/α-hetero) is 1. The first-order valence-corrected chi connectivity index (χ1v) is 11.8. The zero-order valence-electron chi connectivity index (χ0n) is 21.5. The number of amides is 3. The molecule has 1 fully saturated rings. The molecule has 3 amide bonds. The Labute approximate surface area is 209 Å². The van der Waals surface area contributed by atoms with Crippen LogP contribution in [0.3, 0.4) is 0 Å². The van der Waals surface area contributed by atoms with E-state index in [9.17, 15) is 28.7 Å². The van der Waals surface area contributed by atoms with Gasteiger partial charge in [0.1, 0.15) is 11.4 Å². The molecular weight excluding hydrogens is 467 g/mol. The Hall–Kier alpha value is -3.53. The number of likely N-dealkylation sites (tertiary alicyclic amines) is 1. The lowest BCUT2D eigenvalue weighted by Gasteiger charge is -2.36. The standard InChI is InChI=1S/C26H33FN4O5/c1-14-13-17(7-8-19(14)27)28-23(34)20-15(2)21(30(6)16(20)3)22(33)24(35)29-26(4,5)25(36)31-11-9-18(32)10-12-31/h7-8,13,18,32H,9-12H2,1-6H3,(H,28,34)(H,29,35). The maximum atomic E-state index is 13.6. The van der Waals surface area contributed by atoms with Crippen molar-refractivity contribution in [3.63, 3.8) is 0 Å². The van der Waals surface area contributed by atoms with Crippen molar-refractivity contribution in [3.8, 4) is 0 Å². The van der Waals surface area contributed by atoms with E-state index in [2.05, 4.69) is 10.6 Å². The fourth-order valence-electron chi connectivity index (χ4n) is 4.52. The number of aryl methyl sites for hydroxylation is 1. The fourth-order valence-corrected chi connectivity index (χ4v) is 4.52. The van der Waals surface area contributed by atoms with E-state index >= 15 is 0 Å². The second-order valence-corrected chi connectivity index (χ2v) is 9.84. The van der Waals surface area contributed by atoms with Crippen molar-refractivity contribution < 1.29 is 28.7 Å². The topological polar surface area (TPSA) is 121 Å². The SMILES string of the molecule is Cc1cc(NC(=O)c2c(C)c(C(=O)C(=O)NC(C)(C)C(=O)N3CCC(O)CC3)n(C)c2C)ccc1F. The van der Waals surface area contributed by atoms with Crippen LogP contribution in [0.2, 0.25) is 0 Å². The van der Waals surface area contributed by atoms with Crippen LogP contribution in [-0.4, -0.2) is 62.8 Å². The van der Waals surface area contributed by atoms with Crippen LogP contribution in [0.1, 0.15) is 64.4 Å². The van der Waals surface area contributed by atoms with Crippen molar-refractivity contribution in [2.75, 3.05) is 18.4 Å². The molecule has 10 heteroatoms. The lowest BCUT2D eigenvalue weighted by atomic mass is 9.99. The van der Waals surface area contributed by atoms with Crippen LogP contribution in [0.15, 0.2) is 18.2 Å². The number of piperidine rings is 1. The molecule has 194 valence electrons. The molecule has 0 bridgehead atoms. The van der Waals surface area contributed by atoms with Gasteiger partial charge in [0.2, 0.25) is 5.91 Å². The van der Waals surface area contributed by atoms with Crippen LogP contribution in [0.4, 0.5) is 10.1 Å². The van der Waals surface area contributed by atoms with Crippen LogP contribution < -0.4 is 10.6 Å². The smallest absolute Gasteiger partial charge is 0.294 e. The largest absolute Gasteiger partial charge is 0.393 e. The van der Waals surface area contributed by atoms with Crippen LogP contribution in [-0.2, 0) is 16.6 Å². The second kappa shape index (κ2) is 10.2. The Bertz CT molecular complexity index is 1230. The van der Waals surface area contributed by atoms with Gasteiger partial charge < -0.3 is 25.2 Å². The molecule has 0 saturated carbocycles. The molecule has 36 heavy (non-hydrogen) atoms. The van der Waals surface area contributed by atoms with Crippen molar-refractivity contribution in [2.45, 2.75) is 59.1 Å². The Morgan fingerprint density at radius 2 is 1.69 bits per heavy atom. The summed E-state index contributed by atoms with van der Waals surface area (Å²) in [6.07, 6.45) is 0.466. The van der Waals surface area contributed by atoms with Crippen LogP contribution in [0.25, 0.3) is 0 Å². The summed E-state index contributed by atoms with van der Waals surface area (Å²) in [5.74, 6) is -3.06. The van der Waals surface area contributed by atoms with E-state index in [-0.39, 0.29) is 17.2 Å². The van der Waals surface area contributed by atoms with Crippen molar-refractivity contribution in [1.29, 1.82) is 0 Å². The molecule has 1 aromatic heterocycles. The van der Waals surface area contributed by atoms with Crippen molar-refractivity contribution in [3.05, 3.63) is 52.1 Å². The summed E-state index contributed by atoms with van der Waals surface area (Å²) in [4.78, 5) is 53.7. The summed E-state index contributed by atoms with van der Waals surface area (Å²) in [5, 5.41) is 14.9. The van der Waals surface area contributed by atoms with E-state index in [0.717, 1.165) is 0 Å². The number of halogens is 1. The minimum atomic E-state index is -1.34. The molecular formula is C26H33FN4O5. The maximum Gasteiger partial charge on any atom is 0.294 e. The summed E-state index contributed by atoms with van der Waals surface area (Å²) in [6, 6.07) is 4.20. The molecule has 1 aromatic carbocycles. The van der Waals surface area contributed by atoms with Gasteiger partial charge in [0, 0.05) is 31.5 Å². The Morgan fingerprint density at radius 3 is 2.28 bits per heavy atom. The number of anilines is 1. The first kappa shape index (κ1) is 27.1. The highest BCUT2D eigenvalue weighted by atomic mass is 19.1. The van der Waals surface area contributed by atoms with E-state index in [1.807, 2.05) is 0 Å². The average molecular weight is 501 g/mol. The molecule has 2 aromatic rings. The number of aliphatic hydroxyl groups excluding tert-OH is 1. The zero-order valence-corrected chi connectivity index (χ0v) is 21.5. The molecule has 1 aliphatic rings. The van der Waals surface area contributed by atoms with E-state index in [1.54, 1.807) is 32.7 Å². The van der Waals surface area contributed by atoms with E-state index in [1.165, 1.54) is 36.6 Å². The average Bonchev–Trinajstić information content (AvgIpc) is 3.03. The predicted molar refractivity (Wildman–Crippen MR) is 132 cm³/mol. The normalized spacial score (nSPS) is 14.5. The third-order valence-electron chi connectivity index (χ3n) is 6.71. The van der Waals surface area contributed by atoms with Crippen LogP contribution in [0, 0.1) is 26.6 Å². The summed E-state index contributed by atoms with van der Waals surface area (Å²) in [6.45, 7) is 8.61. The van der Waals surface area contributed by atoms with Gasteiger partial charge >= 0.3 is 0 Å². The third-order valence-corrected chi connectivity index (χ3v) is 6.71. The minimum Gasteiger partial charge on any atom is -0.393 e. The molecule has 3 rings (SSSR count). The van der Waals surface area contributed by atoms with Gasteiger partial charge in [-0.05, 0) is 76.8 Å². The molecule has 3 N–H and O–H groups in total. The molecule has 0 radical (unpaired) electrons. The first-order valence-electron chi connectivity index (χ1n) is 11.8. The number of nitrogens with one attached hydrogen (secondary N) is 2. The molecule has 0 spiro atoms. The summed E-state index contributed by atoms with van der Waals surface area (Å²) >= 11 is 0. The van der Waals surface area contributed by atoms with Crippen molar-refractivity contribution >= 4 is 29.2 Å². The summed E-state index contributed by atoms with van der Waals surface area (Å²) in [7, 11) is 1.58. The molecule has 1 aliphatic heterocycles. The quantitative estimate of drug-likeness (QED) is 0.416. The van der Waals surface area contributed by atoms with Crippen molar-refractivity contribution in [2.24, 2.45) is 7.05 Å². The monoisotopic (exact) mass is 500 g/mol. The van der Waals surface area contributed by atoms with Gasteiger partial charge in [-0.1, -0.05) is 0 Å². The van der Waals surface area contributed by atoms with Gasteiger partial charge in [-0.25, -0.2) is 4.39 Å². The molecule has 2 heterocycles. The number of benzene rings is 1.